The zero-order chi connectivity index (χ0) is 19.1. The van der Waals surface area contributed by atoms with E-state index in [2.05, 4.69) is 16.0 Å². The third-order valence-electron chi connectivity index (χ3n) is 4.05. The lowest BCUT2D eigenvalue weighted by molar-refractivity contribution is -0.138. The van der Waals surface area contributed by atoms with Crippen LogP contribution in [0.4, 0.5) is 0 Å². The molecule has 0 heterocycles. The summed E-state index contributed by atoms with van der Waals surface area (Å²) >= 11 is 0. The van der Waals surface area contributed by atoms with Crippen molar-refractivity contribution in [2.24, 2.45) is 0 Å². The number of aliphatic hydroxyl groups is 5. The first-order chi connectivity index (χ1) is 11.7. The average Bonchev–Trinajstić information content (AvgIpc) is 2.54. The van der Waals surface area contributed by atoms with Crippen molar-refractivity contribution in [1.29, 1.82) is 0 Å². The fourth-order valence-electron chi connectivity index (χ4n) is 2.80. The second-order valence-electron chi connectivity index (χ2n) is 5.83. The van der Waals surface area contributed by atoms with Crippen LogP contribution in [-0.2, 0) is 9.59 Å². The predicted molar refractivity (Wildman–Crippen MR) is 81.8 cm³/mol. The molecule has 1 fully saturated rings. The molecule has 0 bridgehead atoms. The Balaban J connectivity index is 2.99. The lowest BCUT2D eigenvalue weighted by Gasteiger charge is -2.47. The summed E-state index contributed by atoms with van der Waals surface area (Å²) in [5.74, 6) is -2.48. The minimum absolute atomic E-state index is 0.505. The van der Waals surface area contributed by atoms with Crippen molar-refractivity contribution in [1.82, 2.24) is 16.0 Å². The minimum Gasteiger partial charge on any atom is -0.480 e. The summed E-state index contributed by atoms with van der Waals surface area (Å²) in [6.45, 7) is -2.18. The zero-order valence-corrected chi connectivity index (χ0v) is 13.3. The van der Waals surface area contributed by atoms with Gasteiger partial charge in [0.15, 0.2) is 0 Å². The van der Waals surface area contributed by atoms with Crippen molar-refractivity contribution >= 4 is 11.9 Å². The van der Waals surface area contributed by atoms with Crippen LogP contribution in [0.25, 0.3) is 0 Å². The first kappa shape index (κ1) is 21.7. The molecule has 6 atom stereocenters. The van der Waals surface area contributed by atoms with Crippen LogP contribution in [0, 0.1) is 0 Å². The molecule has 0 radical (unpaired) electrons. The molecule has 0 aromatic heterocycles. The number of carboxylic acids is 2. The maximum absolute atomic E-state index is 10.7. The predicted octanol–water partition coefficient (Wildman–Crippen LogP) is -5.52. The standard InChI is InChI=1S/C13H25N3O9/c17-3-5(4-18)16-10-12(24)8(14-1-6(19)20)11(23)9(13(10)25)15-2-7(21)22/h5,8-18,23-25H,1-4H2,(H,19,20)(H,21,22)/t8-,9+,10?,11?,12-,13+. The summed E-state index contributed by atoms with van der Waals surface area (Å²) in [5, 5.41) is 74.3. The quantitative estimate of drug-likeness (QED) is 0.175. The maximum atomic E-state index is 10.7. The Labute approximate surface area is 143 Å². The van der Waals surface area contributed by atoms with Crippen LogP contribution in [0.5, 0.6) is 0 Å². The molecule has 10 N–H and O–H groups in total. The smallest absolute Gasteiger partial charge is 0.317 e. The summed E-state index contributed by atoms with van der Waals surface area (Å²) in [5.41, 5.74) is 0. The third kappa shape index (κ3) is 5.83. The van der Waals surface area contributed by atoms with E-state index < -0.39 is 80.7 Å². The van der Waals surface area contributed by atoms with Gasteiger partial charge in [0.1, 0.15) is 0 Å². The molecule has 0 aromatic rings. The molecular formula is C13H25N3O9. The van der Waals surface area contributed by atoms with E-state index in [4.69, 9.17) is 20.4 Å². The molecule has 1 rings (SSSR count). The van der Waals surface area contributed by atoms with Crippen LogP contribution >= 0.6 is 0 Å². The third-order valence-corrected chi connectivity index (χ3v) is 4.05. The number of hydrogen-bond acceptors (Lipinski definition) is 10. The van der Waals surface area contributed by atoms with Crippen molar-refractivity contribution in [3.05, 3.63) is 0 Å². The molecule has 0 spiro atoms. The van der Waals surface area contributed by atoms with Crippen LogP contribution in [0.1, 0.15) is 0 Å². The molecule has 1 aliphatic rings. The zero-order valence-electron chi connectivity index (χ0n) is 13.3. The van der Waals surface area contributed by atoms with Crippen molar-refractivity contribution in [2.45, 2.75) is 42.5 Å². The molecule has 0 amide bonds. The van der Waals surface area contributed by atoms with Gasteiger partial charge in [-0.3, -0.25) is 20.2 Å². The Morgan fingerprint density at radius 3 is 1.44 bits per heavy atom. The Hall–Kier alpha value is -1.38. The second kappa shape index (κ2) is 9.94. The van der Waals surface area contributed by atoms with Gasteiger partial charge in [0.05, 0.1) is 68.8 Å². The van der Waals surface area contributed by atoms with E-state index in [1.54, 1.807) is 0 Å². The van der Waals surface area contributed by atoms with Gasteiger partial charge in [-0.15, -0.1) is 0 Å². The molecule has 12 nitrogen and oxygen atoms in total. The monoisotopic (exact) mass is 367 g/mol. The normalized spacial score (nSPS) is 32.7. The highest BCUT2D eigenvalue weighted by Crippen LogP contribution is 2.22. The number of aliphatic carboxylic acids is 2. The van der Waals surface area contributed by atoms with Gasteiger partial charge in [0, 0.05) is 0 Å². The summed E-state index contributed by atoms with van der Waals surface area (Å²) < 4.78 is 0. The molecule has 0 aliphatic heterocycles. The molecule has 0 saturated heterocycles. The van der Waals surface area contributed by atoms with Gasteiger partial charge in [0.2, 0.25) is 0 Å². The van der Waals surface area contributed by atoms with Gasteiger partial charge < -0.3 is 41.1 Å². The lowest BCUT2D eigenvalue weighted by atomic mass is 9.79. The first-order valence-electron chi connectivity index (χ1n) is 7.65. The van der Waals surface area contributed by atoms with Crippen LogP contribution < -0.4 is 16.0 Å². The van der Waals surface area contributed by atoms with Crippen LogP contribution in [0.2, 0.25) is 0 Å². The fraction of sp³-hybridized carbons (Fsp3) is 0.846. The van der Waals surface area contributed by atoms with Crippen LogP contribution in [0.15, 0.2) is 0 Å². The Morgan fingerprint density at radius 1 is 0.760 bits per heavy atom. The van der Waals surface area contributed by atoms with E-state index in [1.807, 2.05) is 0 Å². The van der Waals surface area contributed by atoms with Crippen molar-refractivity contribution in [2.75, 3.05) is 26.3 Å². The minimum atomic E-state index is -1.50. The Bertz CT molecular complexity index is 416. The summed E-state index contributed by atoms with van der Waals surface area (Å²) in [7, 11) is 0. The molecule has 0 aromatic carbocycles. The van der Waals surface area contributed by atoms with Gasteiger partial charge in [-0.2, -0.15) is 0 Å². The lowest BCUT2D eigenvalue weighted by Crippen LogP contribution is -2.75. The molecule has 1 aliphatic carbocycles. The number of aliphatic hydroxyl groups excluding tert-OH is 5. The number of carbonyl (C=O) groups is 2. The van der Waals surface area contributed by atoms with E-state index in [0.29, 0.717) is 0 Å². The van der Waals surface area contributed by atoms with Gasteiger partial charge in [-0.1, -0.05) is 0 Å². The number of hydrogen-bond donors (Lipinski definition) is 10. The summed E-state index contributed by atoms with van der Waals surface area (Å²) in [6.07, 6.45) is -4.45. The number of carboxylic acid groups (broad SMARTS) is 2. The van der Waals surface area contributed by atoms with Gasteiger partial charge >= 0.3 is 11.9 Å². The molecular weight excluding hydrogens is 342 g/mol. The highest BCUT2D eigenvalue weighted by molar-refractivity contribution is 5.69. The topological polar surface area (TPSA) is 212 Å². The molecule has 25 heavy (non-hydrogen) atoms. The molecule has 2 unspecified atom stereocenters. The summed E-state index contributed by atoms with van der Waals surface area (Å²) in [6, 6.07) is -4.47. The van der Waals surface area contributed by atoms with Crippen molar-refractivity contribution in [3.8, 4) is 0 Å². The van der Waals surface area contributed by atoms with Gasteiger partial charge in [0.25, 0.3) is 0 Å². The van der Waals surface area contributed by atoms with E-state index in [9.17, 15) is 24.9 Å². The second-order valence-corrected chi connectivity index (χ2v) is 5.83. The Kier molecular flexibility index (Phi) is 8.61. The highest BCUT2D eigenvalue weighted by Gasteiger charge is 2.49. The Morgan fingerprint density at radius 2 is 1.12 bits per heavy atom. The first-order valence-corrected chi connectivity index (χ1v) is 7.65. The van der Waals surface area contributed by atoms with E-state index in [-0.39, 0.29) is 0 Å². The molecule has 1 saturated carbocycles. The van der Waals surface area contributed by atoms with E-state index in [1.165, 1.54) is 0 Å². The maximum Gasteiger partial charge on any atom is 0.317 e. The fourth-order valence-corrected chi connectivity index (χ4v) is 2.80. The average molecular weight is 367 g/mol. The van der Waals surface area contributed by atoms with Crippen LogP contribution in [0.3, 0.4) is 0 Å². The van der Waals surface area contributed by atoms with Crippen LogP contribution in [-0.4, -0.2) is 116 Å². The van der Waals surface area contributed by atoms with E-state index >= 15 is 0 Å². The van der Waals surface area contributed by atoms with Crippen molar-refractivity contribution in [3.63, 3.8) is 0 Å². The molecule has 146 valence electrons. The molecule has 12 heteroatoms. The van der Waals surface area contributed by atoms with Gasteiger partial charge in [-0.05, 0) is 0 Å². The van der Waals surface area contributed by atoms with Crippen molar-refractivity contribution < 1.29 is 45.3 Å². The SMILES string of the molecule is O=C(O)CN[C@@H]1C(O)[C@H](NCC(=O)O)[C@H](O)C(NC(CO)CO)[C@@H]1O. The van der Waals surface area contributed by atoms with E-state index in [0.717, 1.165) is 0 Å². The number of rotatable bonds is 10. The number of nitrogens with one attached hydrogen (secondary N) is 3. The van der Waals surface area contributed by atoms with Gasteiger partial charge in [-0.25, -0.2) is 0 Å². The highest BCUT2D eigenvalue weighted by atomic mass is 16.4. The summed E-state index contributed by atoms with van der Waals surface area (Å²) in [4.78, 5) is 21.4. The largest absolute Gasteiger partial charge is 0.480 e.